The Balaban J connectivity index is 2.11. The Hall–Kier alpha value is -3.07. The van der Waals surface area contributed by atoms with E-state index in [0.29, 0.717) is 0 Å². The molecular weight excluding hydrogens is 569 g/mol. The topological polar surface area (TPSA) is 86.8 Å². The molecule has 0 aliphatic rings. The van der Waals surface area contributed by atoms with E-state index in [4.69, 9.17) is 23.2 Å². The van der Waals surface area contributed by atoms with Gasteiger partial charge in [-0.25, -0.2) is 8.42 Å². The number of aryl methyl sites for hydroxylation is 1. The smallest absolute Gasteiger partial charge is 0.244 e. The van der Waals surface area contributed by atoms with Crippen LogP contribution < -0.4 is 9.62 Å². The van der Waals surface area contributed by atoms with Gasteiger partial charge in [-0.05, 0) is 56.5 Å². The zero-order valence-electron chi connectivity index (χ0n) is 23.3. The minimum atomic E-state index is -3.96. The second kappa shape index (κ2) is 13.1. The Bertz CT molecular complexity index is 1460. The fourth-order valence-electron chi connectivity index (χ4n) is 4.26. The van der Waals surface area contributed by atoms with E-state index in [0.717, 1.165) is 27.3 Å². The molecule has 0 saturated carbocycles. The summed E-state index contributed by atoms with van der Waals surface area (Å²) in [7, 11) is -3.96. The van der Waals surface area contributed by atoms with E-state index in [1.54, 1.807) is 6.07 Å². The number of carbonyl (C=O) groups is 2. The number of carbonyl (C=O) groups excluding carboxylic acids is 2. The van der Waals surface area contributed by atoms with Gasteiger partial charge in [-0.15, -0.1) is 0 Å². The average Bonchev–Trinajstić information content (AvgIpc) is 2.86. The number of nitrogens with zero attached hydrogens (tertiary/aromatic N) is 2. The highest BCUT2D eigenvalue weighted by molar-refractivity contribution is 7.92. The molecule has 0 heterocycles. The number of sulfonamides is 1. The maximum atomic E-state index is 14.2. The fraction of sp³-hybridized carbons (Fsp3) is 0.333. The molecule has 0 bridgehead atoms. The number of hydrogen-bond donors (Lipinski definition) is 1. The number of amides is 2. The summed E-state index contributed by atoms with van der Waals surface area (Å²) >= 11 is 12.5. The van der Waals surface area contributed by atoms with Gasteiger partial charge in [-0.3, -0.25) is 13.9 Å². The molecule has 3 aromatic rings. The third-order valence-corrected chi connectivity index (χ3v) is 8.19. The summed E-state index contributed by atoms with van der Waals surface area (Å²) in [5.41, 5.74) is 2.16. The van der Waals surface area contributed by atoms with E-state index < -0.39 is 34.1 Å². The molecule has 0 radical (unpaired) electrons. The largest absolute Gasteiger partial charge is 0.350 e. The Morgan fingerprint density at radius 2 is 1.55 bits per heavy atom. The molecule has 3 rings (SSSR count). The summed E-state index contributed by atoms with van der Waals surface area (Å²) in [5, 5.41) is 3.17. The van der Waals surface area contributed by atoms with Crippen LogP contribution in [0.2, 0.25) is 10.0 Å². The van der Waals surface area contributed by atoms with Gasteiger partial charge in [0.1, 0.15) is 12.6 Å². The molecule has 7 nitrogen and oxygen atoms in total. The number of hydrogen-bond acceptors (Lipinski definition) is 4. The van der Waals surface area contributed by atoms with Crippen molar-refractivity contribution in [1.29, 1.82) is 0 Å². The van der Waals surface area contributed by atoms with Crippen LogP contribution in [0.5, 0.6) is 0 Å². The van der Waals surface area contributed by atoms with Crippen LogP contribution in [0.3, 0.4) is 0 Å². The first-order valence-electron chi connectivity index (χ1n) is 12.8. The third-order valence-electron chi connectivity index (χ3n) is 6.25. The molecule has 1 atom stereocenters. The molecule has 1 N–H and O–H groups in total. The van der Waals surface area contributed by atoms with Gasteiger partial charge in [-0.1, -0.05) is 83.9 Å². The molecular formula is C30H35Cl2N3O4S. The first kappa shape index (κ1) is 31.5. The van der Waals surface area contributed by atoms with Crippen molar-refractivity contribution in [3.05, 3.63) is 99.5 Å². The van der Waals surface area contributed by atoms with Crippen molar-refractivity contribution in [3.63, 3.8) is 0 Å². The summed E-state index contributed by atoms with van der Waals surface area (Å²) in [5.74, 6) is -0.903. The highest BCUT2D eigenvalue weighted by atomic mass is 35.5. The number of anilines is 1. The number of nitrogens with one attached hydrogen (secondary N) is 1. The van der Waals surface area contributed by atoms with Crippen LogP contribution in [-0.2, 0) is 32.6 Å². The van der Waals surface area contributed by atoms with Crippen molar-refractivity contribution in [1.82, 2.24) is 10.2 Å². The van der Waals surface area contributed by atoms with Gasteiger partial charge in [0.2, 0.25) is 21.8 Å². The molecule has 0 aliphatic heterocycles. The van der Waals surface area contributed by atoms with Crippen LogP contribution >= 0.6 is 23.2 Å². The van der Waals surface area contributed by atoms with Crippen molar-refractivity contribution in [3.8, 4) is 0 Å². The zero-order valence-corrected chi connectivity index (χ0v) is 25.6. The van der Waals surface area contributed by atoms with Crippen LogP contribution in [0, 0.1) is 6.92 Å². The van der Waals surface area contributed by atoms with E-state index in [1.165, 1.54) is 17.0 Å². The first-order chi connectivity index (χ1) is 18.7. The van der Waals surface area contributed by atoms with E-state index in [-0.39, 0.29) is 34.6 Å². The van der Waals surface area contributed by atoms with Crippen LogP contribution in [0.1, 0.15) is 37.5 Å². The SMILES string of the molecule is Cc1ccccc1CN(C(=O)CN(c1cccc(Cl)c1Cl)S(C)(=O)=O)[C@@H](Cc1ccccc1)C(=O)NC(C)(C)C. The number of benzene rings is 3. The molecule has 0 saturated heterocycles. The van der Waals surface area contributed by atoms with E-state index in [1.807, 2.05) is 82.3 Å². The fourth-order valence-corrected chi connectivity index (χ4v) is 5.56. The zero-order chi connectivity index (χ0) is 29.7. The Labute approximate surface area is 247 Å². The molecule has 0 fully saturated rings. The molecule has 0 aromatic heterocycles. The van der Waals surface area contributed by atoms with E-state index >= 15 is 0 Å². The lowest BCUT2D eigenvalue weighted by Crippen LogP contribution is -2.56. The molecule has 0 spiro atoms. The maximum absolute atomic E-state index is 14.2. The third kappa shape index (κ3) is 8.46. The Morgan fingerprint density at radius 3 is 2.15 bits per heavy atom. The Kier molecular flexibility index (Phi) is 10.3. The first-order valence-corrected chi connectivity index (χ1v) is 15.4. The lowest BCUT2D eigenvalue weighted by atomic mass is 10.00. The van der Waals surface area contributed by atoms with Crippen LogP contribution in [-0.4, -0.2) is 49.5 Å². The molecule has 0 unspecified atom stereocenters. The minimum Gasteiger partial charge on any atom is -0.350 e. The van der Waals surface area contributed by atoms with Gasteiger partial charge in [0.15, 0.2) is 0 Å². The summed E-state index contributed by atoms with van der Waals surface area (Å²) in [6.45, 7) is 7.05. The summed E-state index contributed by atoms with van der Waals surface area (Å²) in [4.78, 5) is 29.4. The second-order valence-electron chi connectivity index (χ2n) is 10.7. The minimum absolute atomic E-state index is 0.0131. The molecule has 2 amide bonds. The lowest BCUT2D eigenvalue weighted by molar-refractivity contribution is -0.140. The molecule has 0 aliphatic carbocycles. The second-order valence-corrected chi connectivity index (χ2v) is 13.4. The van der Waals surface area contributed by atoms with Gasteiger partial charge in [0.05, 0.1) is 22.0 Å². The number of rotatable bonds is 10. The van der Waals surface area contributed by atoms with E-state index in [9.17, 15) is 18.0 Å². The standard InChI is InChI=1S/C30H35Cl2N3O4S/c1-21-12-9-10-15-23(21)19-34(26(29(37)33-30(2,3)4)18-22-13-7-6-8-14-22)27(36)20-35(40(5,38)39)25-17-11-16-24(31)28(25)32/h6-17,26H,18-20H2,1-5H3,(H,33,37)/t26-/m0/s1. The Morgan fingerprint density at radius 1 is 0.925 bits per heavy atom. The summed E-state index contributed by atoms with van der Waals surface area (Å²) < 4.78 is 26.8. The van der Waals surface area contributed by atoms with E-state index in [2.05, 4.69) is 5.32 Å². The predicted octanol–water partition coefficient (Wildman–Crippen LogP) is 5.62. The van der Waals surface area contributed by atoms with Crippen molar-refractivity contribution in [2.75, 3.05) is 17.1 Å². The van der Waals surface area contributed by atoms with Crippen molar-refractivity contribution in [2.24, 2.45) is 0 Å². The van der Waals surface area contributed by atoms with Gasteiger partial charge in [0.25, 0.3) is 0 Å². The van der Waals surface area contributed by atoms with Crippen molar-refractivity contribution < 1.29 is 18.0 Å². The molecule has 10 heteroatoms. The maximum Gasteiger partial charge on any atom is 0.244 e. The van der Waals surface area contributed by atoms with Crippen LogP contribution in [0.25, 0.3) is 0 Å². The van der Waals surface area contributed by atoms with Crippen LogP contribution in [0.15, 0.2) is 72.8 Å². The highest BCUT2D eigenvalue weighted by Gasteiger charge is 2.35. The average molecular weight is 605 g/mol. The molecule has 214 valence electrons. The lowest BCUT2D eigenvalue weighted by Gasteiger charge is -2.35. The molecule has 3 aromatic carbocycles. The van der Waals surface area contributed by atoms with Crippen molar-refractivity contribution in [2.45, 2.75) is 52.2 Å². The number of halogens is 2. The van der Waals surface area contributed by atoms with Gasteiger partial charge in [-0.2, -0.15) is 0 Å². The van der Waals surface area contributed by atoms with Gasteiger partial charge in [0, 0.05) is 18.5 Å². The van der Waals surface area contributed by atoms with Crippen molar-refractivity contribution >= 4 is 50.7 Å². The summed E-state index contributed by atoms with van der Waals surface area (Å²) in [6, 6.07) is 20.6. The predicted molar refractivity (Wildman–Crippen MR) is 162 cm³/mol. The summed E-state index contributed by atoms with van der Waals surface area (Å²) in [6.07, 6.45) is 1.23. The van der Waals surface area contributed by atoms with Gasteiger partial charge < -0.3 is 10.2 Å². The monoisotopic (exact) mass is 603 g/mol. The van der Waals surface area contributed by atoms with Crippen LogP contribution in [0.4, 0.5) is 5.69 Å². The normalized spacial score (nSPS) is 12.5. The molecule has 40 heavy (non-hydrogen) atoms. The quantitative estimate of drug-likeness (QED) is 0.326. The highest BCUT2D eigenvalue weighted by Crippen LogP contribution is 2.34. The van der Waals surface area contributed by atoms with Gasteiger partial charge >= 0.3 is 0 Å².